The molecule has 3 N–H and O–H groups in total. The van der Waals surface area contributed by atoms with Crippen molar-refractivity contribution in [3.05, 3.63) is 35.9 Å². The molecule has 0 heterocycles. The number of carbonyl (C=O) groups excluding carboxylic acids is 4. The fraction of sp³-hybridized carbons (Fsp3) is 0.583. The van der Waals surface area contributed by atoms with Crippen molar-refractivity contribution in [2.75, 3.05) is 19.0 Å². The van der Waals surface area contributed by atoms with E-state index in [1.54, 1.807) is 65.0 Å². The minimum Gasteiger partial charge on any atom is -0.467 e. The van der Waals surface area contributed by atoms with Gasteiger partial charge in [0, 0.05) is 16.3 Å². The summed E-state index contributed by atoms with van der Waals surface area (Å²) in [6.07, 6.45) is -3.08. The Balaban J connectivity index is 3.13. The van der Waals surface area contributed by atoms with Crippen LogP contribution in [-0.2, 0) is 30.3 Å². The van der Waals surface area contributed by atoms with E-state index in [1.165, 1.54) is 0 Å². The van der Waals surface area contributed by atoms with Crippen LogP contribution in [0.1, 0.15) is 44.3 Å². The third-order valence-corrected chi connectivity index (χ3v) is 5.09. The summed E-state index contributed by atoms with van der Waals surface area (Å²) in [6.45, 7) is 8.54. The van der Waals surface area contributed by atoms with Gasteiger partial charge in [0.25, 0.3) is 0 Å². The maximum absolute atomic E-state index is 13.2. The van der Waals surface area contributed by atoms with Crippen molar-refractivity contribution in [3.8, 4) is 0 Å². The second-order valence-electron chi connectivity index (χ2n) is 9.01. The number of methoxy groups -OCH3 is 1. The van der Waals surface area contributed by atoms with Crippen LogP contribution in [0.4, 0.5) is 4.79 Å². The third-order valence-electron chi connectivity index (χ3n) is 4.59. The predicted molar refractivity (Wildman–Crippen MR) is 132 cm³/mol. The predicted octanol–water partition coefficient (Wildman–Crippen LogP) is 2.28. The van der Waals surface area contributed by atoms with Crippen molar-refractivity contribution >= 4 is 35.6 Å². The Morgan fingerprint density at radius 2 is 1.62 bits per heavy atom. The zero-order valence-corrected chi connectivity index (χ0v) is 21.3. The number of alkyl carbamates (subject to hydrolysis) is 1. The van der Waals surface area contributed by atoms with Crippen molar-refractivity contribution in [1.82, 2.24) is 16.0 Å². The molecule has 0 aliphatic heterocycles. The summed E-state index contributed by atoms with van der Waals surface area (Å²) in [7, 11) is 1.13. The topological polar surface area (TPSA) is 123 Å². The molecule has 1 rings (SSSR count). The number of rotatable bonds is 11. The molecule has 9 nitrogen and oxygen atoms in total. The van der Waals surface area contributed by atoms with E-state index in [0.717, 1.165) is 12.7 Å². The first-order chi connectivity index (χ1) is 17.0. The molecule has 3 atom stereocenters. The van der Waals surface area contributed by atoms with Crippen LogP contribution in [0.25, 0.3) is 0 Å². The van der Waals surface area contributed by atoms with Gasteiger partial charge in [0.2, 0.25) is 11.8 Å². The van der Waals surface area contributed by atoms with E-state index >= 15 is 0 Å². The second-order valence-corrected chi connectivity index (χ2v) is 9.64. The van der Waals surface area contributed by atoms with Gasteiger partial charge in [-0.1, -0.05) is 44.2 Å². The maximum Gasteiger partial charge on any atom is 0.408 e. The third kappa shape index (κ3) is 10.5. The fourth-order valence-corrected chi connectivity index (χ4v) is 3.34. The molecule has 0 radical (unpaired) electrons. The molecule has 0 spiro atoms. The first-order valence-electron chi connectivity index (χ1n) is 12.4. The van der Waals surface area contributed by atoms with Gasteiger partial charge in [-0.05, 0) is 38.4 Å². The summed E-state index contributed by atoms with van der Waals surface area (Å²) < 4.78 is 32.0. The van der Waals surface area contributed by atoms with Gasteiger partial charge >= 0.3 is 12.1 Å². The van der Waals surface area contributed by atoms with Crippen LogP contribution in [0.5, 0.6) is 0 Å². The molecule has 0 unspecified atom stereocenters. The van der Waals surface area contributed by atoms with Gasteiger partial charge in [0.15, 0.2) is 0 Å². The Morgan fingerprint density at radius 1 is 1.00 bits per heavy atom. The number of amides is 3. The van der Waals surface area contributed by atoms with Crippen molar-refractivity contribution in [2.24, 2.45) is 5.92 Å². The minimum atomic E-state index is -2.38. The highest BCUT2D eigenvalue weighted by Crippen LogP contribution is 2.11. The van der Waals surface area contributed by atoms with E-state index in [0.29, 0.717) is 11.8 Å². The monoisotopic (exact) mass is 498 g/mol. The van der Waals surface area contributed by atoms with Crippen LogP contribution in [0, 0.1) is 5.92 Å². The average molecular weight is 499 g/mol. The number of benzene rings is 1. The highest BCUT2D eigenvalue weighted by atomic mass is 32.2. The highest BCUT2D eigenvalue weighted by Gasteiger charge is 2.32. The lowest BCUT2D eigenvalue weighted by molar-refractivity contribution is -0.144. The summed E-state index contributed by atoms with van der Waals surface area (Å²) in [5.74, 6) is -2.75. The lowest BCUT2D eigenvalue weighted by Gasteiger charge is -2.27. The molecule has 0 saturated heterocycles. The summed E-state index contributed by atoms with van der Waals surface area (Å²) in [5, 5.41) is 7.69. The van der Waals surface area contributed by atoms with E-state index in [4.69, 9.17) is 13.6 Å². The van der Waals surface area contributed by atoms with Gasteiger partial charge in [-0.3, -0.25) is 9.59 Å². The Hall–Kier alpha value is -2.75. The van der Waals surface area contributed by atoms with Gasteiger partial charge in [0.1, 0.15) is 23.7 Å². The van der Waals surface area contributed by atoms with Crippen molar-refractivity contribution in [3.63, 3.8) is 0 Å². The van der Waals surface area contributed by atoms with Crippen LogP contribution < -0.4 is 16.0 Å². The summed E-state index contributed by atoms with van der Waals surface area (Å²) >= 11 is 0.513. The van der Waals surface area contributed by atoms with Crippen LogP contribution in [0.2, 0.25) is 0 Å². The molecule has 3 amide bonds. The van der Waals surface area contributed by atoms with E-state index in [2.05, 4.69) is 16.0 Å². The minimum absolute atomic E-state index is 0.0793. The Kier molecular flexibility index (Phi) is 9.92. The summed E-state index contributed by atoms with van der Waals surface area (Å²) in [4.78, 5) is 51.0. The van der Waals surface area contributed by atoms with Crippen molar-refractivity contribution < 1.29 is 32.8 Å². The van der Waals surface area contributed by atoms with Crippen molar-refractivity contribution in [1.29, 1.82) is 0 Å². The van der Waals surface area contributed by atoms with Gasteiger partial charge in [-0.25, -0.2) is 9.59 Å². The number of ether oxygens (including phenoxy) is 2. The SMILES string of the molecule is [2H]C([2H])([2H])SC[C@H](NC(=O)[C@H](Cc1ccccc1)NC(=O)[C@@H](NC(=O)OC(C)(C)C)C(C)C)C(=O)OC. The van der Waals surface area contributed by atoms with E-state index < -0.39 is 53.8 Å². The van der Waals surface area contributed by atoms with E-state index in [9.17, 15) is 19.2 Å². The van der Waals surface area contributed by atoms with E-state index in [1.807, 2.05) is 0 Å². The van der Waals surface area contributed by atoms with Gasteiger partial charge in [-0.15, -0.1) is 0 Å². The highest BCUT2D eigenvalue weighted by molar-refractivity contribution is 7.98. The number of carbonyl (C=O) groups is 4. The summed E-state index contributed by atoms with van der Waals surface area (Å²) in [6, 6.07) is 5.50. The molecule has 0 saturated carbocycles. The van der Waals surface area contributed by atoms with Crippen LogP contribution in [0.3, 0.4) is 0 Å². The van der Waals surface area contributed by atoms with Crippen LogP contribution >= 0.6 is 11.8 Å². The molecule has 190 valence electrons. The zero-order chi connectivity index (χ0) is 28.4. The van der Waals surface area contributed by atoms with Crippen LogP contribution in [0.15, 0.2) is 30.3 Å². The molecule has 1 aromatic rings. The quantitative estimate of drug-likeness (QED) is 0.400. The number of hydrogen-bond acceptors (Lipinski definition) is 7. The molecule has 1 aromatic carbocycles. The first kappa shape index (κ1) is 24.4. The van der Waals surface area contributed by atoms with Gasteiger partial charge < -0.3 is 25.4 Å². The molecule has 0 fully saturated rings. The number of esters is 1. The zero-order valence-electron chi connectivity index (χ0n) is 23.5. The maximum atomic E-state index is 13.2. The smallest absolute Gasteiger partial charge is 0.408 e. The van der Waals surface area contributed by atoms with Crippen molar-refractivity contribution in [2.45, 2.75) is 64.8 Å². The van der Waals surface area contributed by atoms with Crippen LogP contribution in [-0.4, -0.2) is 66.7 Å². The fourth-order valence-electron chi connectivity index (χ4n) is 2.96. The number of hydrogen-bond donors (Lipinski definition) is 3. The second kappa shape index (κ2) is 13.8. The lowest BCUT2D eigenvalue weighted by atomic mass is 10.0. The largest absolute Gasteiger partial charge is 0.467 e. The first-order valence-corrected chi connectivity index (χ1v) is 11.9. The normalized spacial score (nSPS) is 15.6. The lowest BCUT2D eigenvalue weighted by Crippen LogP contribution is -2.58. The molecule has 0 bridgehead atoms. The summed E-state index contributed by atoms with van der Waals surface area (Å²) in [5.41, 5.74) is -0.0383. The Labute approximate surface area is 210 Å². The number of nitrogens with one attached hydrogen (secondary N) is 3. The molecule has 34 heavy (non-hydrogen) atoms. The molecular formula is C24H37N3O6S. The van der Waals surface area contributed by atoms with Gasteiger partial charge in [-0.2, -0.15) is 11.8 Å². The number of thioether (sulfide) groups is 1. The Bertz CT molecular complexity index is 923. The molecule has 0 aliphatic rings. The Morgan fingerprint density at radius 3 is 2.15 bits per heavy atom. The van der Waals surface area contributed by atoms with Gasteiger partial charge in [0.05, 0.1) is 7.11 Å². The molecule has 10 heteroatoms. The molecular weight excluding hydrogens is 458 g/mol. The molecule has 0 aromatic heterocycles. The standard InChI is InChI=1S/C24H37N3O6S/c1-15(2)19(27-23(31)33-24(3,4)5)21(29)25-17(13-16-11-9-8-10-12-16)20(28)26-18(14-34-7)22(30)32-6/h8-12,15,17-19H,13-14H2,1-7H3,(H,25,29)(H,26,28)(H,27,31)/t17-,18-,19-/m0/s1/i7D3. The van der Waals surface area contributed by atoms with E-state index in [-0.39, 0.29) is 18.1 Å². The molecule has 0 aliphatic carbocycles. The average Bonchev–Trinajstić information content (AvgIpc) is 2.77.